The summed E-state index contributed by atoms with van der Waals surface area (Å²) < 4.78 is 4.50. The first-order valence-corrected chi connectivity index (χ1v) is 6.56. The van der Waals surface area contributed by atoms with Crippen LogP contribution in [0.1, 0.15) is 31.1 Å². The van der Waals surface area contributed by atoms with Crippen LogP contribution in [0.5, 0.6) is 0 Å². The maximum Gasteiger partial charge on any atom is 0.0843 e. The second kappa shape index (κ2) is 4.93. The van der Waals surface area contributed by atoms with Crippen LogP contribution in [0.25, 0.3) is 10.9 Å². The van der Waals surface area contributed by atoms with Gasteiger partial charge in [0.25, 0.3) is 0 Å². The minimum absolute atomic E-state index is 0.521. The molecule has 0 radical (unpaired) electrons. The van der Waals surface area contributed by atoms with Gasteiger partial charge in [-0.1, -0.05) is 32.0 Å². The van der Waals surface area contributed by atoms with Gasteiger partial charge in [0.05, 0.1) is 5.52 Å². The molecule has 0 aliphatic rings. The Morgan fingerprint density at radius 1 is 1.38 bits per heavy atom. The second-order valence-electron chi connectivity index (χ2n) is 4.16. The molecular weight excluding hydrogens is 216 g/mol. The molecule has 1 aromatic heterocycles. The Morgan fingerprint density at radius 2 is 2.12 bits per heavy atom. The standard InChI is InChI=1S/C13H18N2S/c1-4-11(14-3)9(2)13-10-7-5-6-8-12(10)15-16-13/h5-9,11,14H,4H2,1-3H3. The molecule has 16 heavy (non-hydrogen) atoms. The van der Waals surface area contributed by atoms with Gasteiger partial charge in [0, 0.05) is 22.2 Å². The maximum atomic E-state index is 4.50. The topological polar surface area (TPSA) is 24.9 Å². The first-order valence-electron chi connectivity index (χ1n) is 5.79. The summed E-state index contributed by atoms with van der Waals surface area (Å²) in [7, 11) is 2.04. The highest BCUT2D eigenvalue weighted by atomic mass is 32.1. The van der Waals surface area contributed by atoms with Crippen LogP contribution >= 0.6 is 11.5 Å². The summed E-state index contributed by atoms with van der Waals surface area (Å²) in [6, 6.07) is 8.93. The van der Waals surface area contributed by atoms with E-state index in [4.69, 9.17) is 0 Å². The molecule has 86 valence electrons. The summed E-state index contributed by atoms with van der Waals surface area (Å²) in [5, 5.41) is 4.70. The molecule has 2 atom stereocenters. The van der Waals surface area contributed by atoms with E-state index >= 15 is 0 Å². The second-order valence-corrected chi connectivity index (χ2v) is 4.96. The third kappa shape index (κ3) is 1.97. The summed E-state index contributed by atoms with van der Waals surface area (Å²) in [4.78, 5) is 1.40. The van der Waals surface area contributed by atoms with Gasteiger partial charge in [-0.25, -0.2) is 0 Å². The van der Waals surface area contributed by atoms with Gasteiger partial charge in [-0.05, 0) is 31.1 Å². The zero-order valence-corrected chi connectivity index (χ0v) is 10.8. The van der Waals surface area contributed by atoms with Crippen molar-refractivity contribution in [3.05, 3.63) is 29.1 Å². The average Bonchev–Trinajstić information content (AvgIpc) is 2.74. The Hall–Kier alpha value is -0.930. The molecular formula is C13H18N2S. The highest BCUT2D eigenvalue weighted by molar-refractivity contribution is 7.07. The molecule has 0 spiro atoms. The SMILES string of the molecule is CCC(NC)C(C)c1snc2ccccc12. The minimum Gasteiger partial charge on any atom is -0.316 e. The molecule has 0 saturated carbocycles. The number of nitrogens with one attached hydrogen (secondary N) is 1. The number of rotatable bonds is 4. The van der Waals surface area contributed by atoms with Crippen molar-refractivity contribution in [2.75, 3.05) is 7.05 Å². The zero-order valence-electron chi connectivity index (χ0n) is 10.0. The number of hydrogen-bond donors (Lipinski definition) is 1. The third-order valence-electron chi connectivity index (χ3n) is 3.24. The molecule has 0 fully saturated rings. The van der Waals surface area contributed by atoms with E-state index < -0.39 is 0 Å². The van der Waals surface area contributed by atoms with Crippen LogP contribution in [0.3, 0.4) is 0 Å². The molecule has 1 heterocycles. The van der Waals surface area contributed by atoms with Crippen LogP contribution < -0.4 is 5.32 Å². The molecule has 2 aromatic rings. The molecule has 0 aliphatic carbocycles. The third-order valence-corrected chi connectivity index (χ3v) is 4.32. The largest absolute Gasteiger partial charge is 0.316 e. The molecule has 2 unspecified atom stereocenters. The Labute approximate surface area is 101 Å². The van der Waals surface area contributed by atoms with E-state index in [1.807, 2.05) is 13.1 Å². The van der Waals surface area contributed by atoms with Crippen molar-refractivity contribution in [2.45, 2.75) is 32.2 Å². The normalized spacial score (nSPS) is 15.2. The van der Waals surface area contributed by atoms with Crippen molar-refractivity contribution in [3.8, 4) is 0 Å². The summed E-state index contributed by atoms with van der Waals surface area (Å²) in [5.41, 5.74) is 1.13. The highest BCUT2D eigenvalue weighted by Gasteiger charge is 2.19. The van der Waals surface area contributed by atoms with Crippen molar-refractivity contribution in [3.63, 3.8) is 0 Å². The summed E-state index contributed by atoms with van der Waals surface area (Å²) >= 11 is 1.64. The predicted molar refractivity (Wildman–Crippen MR) is 71.2 cm³/mol. The van der Waals surface area contributed by atoms with Gasteiger partial charge in [-0.3, -0.25) is 0 Å². The van der Waals surface area contributed by atoms with Gasteiger partial charge < -0.3 is 5.32 Å². The summed E-state index contributed by atoms with van der Waals surface area (Å²) in [6.07, 6.45) is 1.14. The monoisotopic (exact) mass is 234 g/mol. The lowest BCUT2D eigenvalue weighted by atomic mass is 9.96. The van der Waals surface area contributed by atoms with Crippen molar-refractivity contribution >= 4 is 22.4 Å². The number of hydrogen-bond acceptors (Lipinski definition) is 3. The smallest absolute Gasteiger partial charge is 0.0843 e. The van der Waals surface area contributed by atoms with Gasteiger partial charge in [-0.2, -0.15) is 4.37 Å². The minimum atomic E-state index is 0.521. The lowest BCUT2D eigenvalue weighted by Crippen LogP contribution is -2.29. The Bertz CT molecular complexity index is 460. The van der Waals surface area contributed by atoms with Crippen molar-refractivity contribution < 1.29 is 0 Å². The first kappa shape index (κ1) is 11.6. The average molecular weight is 234 g/mol. The highest BCUT2D eigenvalue weighted by Crippen LogP contribution is 2.31. The quantitative estimate of drug-likeness (QED) is 0.877. The van der Waals surface area contributed by atoms with Crippen LogP contribution in [-0.2, 0) is 0 Å². The lowest BCUT2D eigenvalue weighted by molar-refractivity contribution is 0.479. The van der Waals surface area contributed by atoms with Crippen LogP contribution in [0.4, 0.5) is 0 Å². The molecule has 1 aromatic carbocycles. The van der Waals surface area contributed by atoms with Gasteiger partial charge in [0.2, 0.25) is 0 Å². The molecule has 2 nitrogen and oxygen atoms in total. The van der Waals surface area contributed by atoms with Crippen LogP contribution in [0.2, 0.25) is 0 Å². The van der Waals surface area contributed by atoms with Crippen molar-refractivity contribution in [1.29, 1.82) is 0 Å². The molecule has 0 bridgehead atoms. The zero-order chi connectivity index (χ0) is 11.5. The van der Waals surface area contributed by atoms with Crippen LogP contribution in [-0.4, -0.2) is 17.5 Å². The Kier molecular flexibility index (Phi) is 3.56. The Balaban J connectivity index is 2.39. The van der Waals surface area contributed by atoms with Crippen molar-refractivity contribution in [1.82, 2.24) is 9.69 Å². The van der Waals surface area contributed by atoms with E-state index in [2.05, 4.69) is 41.7 Å². The molecule has 0 saturated heterocycles. The van der Waals surface area contributed by atoms with Crippen LogP contribution in [0.15, 0.2) is 24.3 Å². The van der Waals surface area contributed by atoms with Gasteiger partial charge in [-0.15, -0.1) is 0 Å². The van der Waals surface area contributed by atoms with E-state index in [0.29, 0.717) is 12.0 Å². The van der Waals surface area contributed by atoms with E-state index in [0.717, 1.165) is 11.9 Å². The molecule has 0 amide bonds. The molecule has 1 N–H and O–H groups in total. The number of fused-ring (bicyclic) bond motifs is 1. The summed E-state index contributed by atoms with van der Waals surface area (Å²) in [5.74, 6) is 0.521. The summed E-state index contributed by atoms with van der Waals surface area (Å²) in [6.45, 7) is 4.51. The fraction of sp³-hybridized carbons (Fsp3) is 0.462. The number of benzene rings is 1. The number of aromatic nitrogens is 1. The van der Waals surface area contributed by atoms with Crippen LogP contribution in [0, 0.1) is 0 Å². The van der Waals surface area contributed by atoms with E-state index in [-0.39, 0.29) is 0 Å². The van der Waals surface area contributed by atoms with Gasteiger partial charge in [0.1, 0.15) is 0 Å². The molecule has 0 aliphatic heterocycles. The number of nitrogens with zero attached hydrogens (tertiary/aromatic N) is 1. The fourth-order valence-electron chi connectivity index (χ4n) is 2.23. The van der Waals surface area contributed by atoms with Gasteiger partial charge >= 0.3 is 0 Å². The maximum absolute atomic E-state index is 4.50. The molecule has 3 heteroatoms. The lowest BCUT2D eigenvalue weighted by Gasteiger charge is -2.20. The van der Waals surface area contributed by atoms with Crippen molar-refractivity contribution in [2.24, 2.45) is 0 Å². The van der Waals surface area contributed by atoms with E-state index in [1.165, 1.54) is 10.3 Å². The van der Waals surface area contributed by atoms with E-state index in [1.54, 1.807) is 11.5 Å². The predicted octanol–water partition coefficient (Wildman–Crippen LogP) is 3.40. The van der Waals surface area contributed by atoms with E-state index in [9.17, 15) is 0 Å². The molecule has 2 rings (SSSR count). The first-order chi connectivity index (χ1) is 7.77. The number of likely N-dealkylation sites (N-methyl/N-ethyl adjacent to an activating group) is 1. The van der Waals surface area contributed by atoms with Gasteiger partial charge in [0.15, 0.2) is 0 Å². The fourth-order valence-corrected chi connectivity index (χ4v) is 3.19. The Morgan fingerprint density at radius 3 is 2.81 bits per heavy atom.